The molecule has 0 bridgehead atoms. The quantitative estimate of drug-likeness (QED) is 0.230. The monoisotopic (exact) mass is 603 g/mol. The number of nitrogens with zero attached hydrogens (tertiary/aromatic N) is 2. The van der Waals surface area contributed by atoms with Crippen LogP contribution in [0, 0.1) is 13.8 Å². The van der Waals surface area contributed by atoms with E-state index in [0.29, 0.717) is 34.1 Å². The Kier molecular flexibility index (Phi) is 9.51. The van der Waals surface area contributed by atoms with Crippen molar-refractivity contribution < 1.29 is 28.6 Å². The first kappa shape index (κ1) is 30.8. The van der Waals surface area contributed by atoms with Crippen LogP contribution in [0.3, 0.4) is 0 Å². The molecule has 224 valence electrons. The SMILES string of the molecule is COc1cc(C(C(=O)NCc2ccccc2)N(C(=O)c2snc(C(N)=O)c2N)c2cc(C)ccc2C)cc(OC)c1OC. The van der Waals surface area contributed by atoms with E-state index in [-0.39, 0.29) is 22.8 Å². The van der Waals surface area contributed by atoms with Crippen molar-refractivity contribution in [2.24, 2.45) is 5.73 Å². The summed E-state index contributed by atoms with van der Waals surface area (Å²) in [6, 6.07) is 16.9. The topological polar surface area (TPSA) is 159 Å². The molecule has 3 aromatic carbocycles. The molecule has 1 aromatic heterocycles. The number of carbonyl (C=O) groups excluding carboxylic acids is 3. The first-order valence-corrected chi connectivity index (χ1v) is 14.0. The minimum Gasteiger partial charge on any atom is -0.493 e. The van der Waals surface area contributed by atoms with Gasteiger partial charge < -0.3 is 31.0 Å². The van der Waals surface area contributed by atoms with E-state index in [1.165, 1.54) is 26.2 Å². The number of hydrogen-bond acceptors (Lipinski definition) is 9. The Morgan fingerprint density at radius 2 is 1.60 bits per heavy atom. The number of rotatable bonds is 11. The van der Waals surface area contributed by atoms with Gasteiger partial charge in [0.1, 0.15) is 10.9 Å². The molecule has 0 spiro atoms. The number of benzene rings is 3. The number of nitrogens with one attached hydrogen (secondary N) is 1. The largest absolute Gasteiger partial charge is 0.493 e. The summed E-state index contributed by atoms with van der Waals surface area (Å²) in [7, 11) is 4.39. The van der Waals surface area contributed by atoms with Crippen LogP contribution >= 0.6 is 11.5 Å². The fourth-order valence-corrected chi connectivity index (χ4v) is 5.38. The molecule has 1 unspecified atom stereocenters. The van der Waals surface area contributed by atoms with Crippen LogP contribution in [0.2, 0.25) is 0 Å². The van der Waals surface area contributed by atoms with Gasteiger partial charge in [-0.1, -0.05) is 42.5 Å². The predicted octanol–water partition coefficient (Wildman–Crippen LogP) is 4.17. The molecule has 0 saturated heterocycles. The maximum absolute atomic E-state index is 14.5. The highest BCUT2D eigenvalue weighted by atomic mass is 32.1. The highest BCUT2D eigenvalue weighted by molar-refractivity contribution is 7.09. The molecule has 1 atom stereocenters. The minimum atomic E-state index is -1.26. The summed E-state index contributed by atoms with van der Waals surface area (Å²) < 4.78 is 20.7. The lowest BCUT2D eigenvalue weighted by atomic mass is 9.99. The summed E-state index contributed by atoms with van der Waals surface area (Å²) >= 11 is 0.733. The highest BCUT2D eigenvalue weighted by Crippen LogP contribution is 2.43. The number of methoxy groups -OCH3 is 3. The molecule has 4 aromatic rings. The van der Waals surface area contributed by atoms with E-state index in [1.54, 1.807) is 18.2 Å². The smallest absolute Gasteiger partial charge is 0.273 e. The number of amides is 3. The van der Waals surface area contributed by atoms with Gasteiger partial charge in [0.15, 0.2) is 17.2 Å². The zero-order valence-electron chi connectivity index (χ0n) is 24.5. The van der Waals surface area contributed by atoms with Crippen molar-refractivity contribution in [1.82, 2.24) is 9.69 Å². The molecular formula is C31H33N5O6S. The average Bonchev–Trinajstić information content (AvgIpc) is 3.40. The van der Waals surface area contributed by atoms with Gasteiger partial charge in [-0.15, -0.1) is 0 Å². The summed E-state index contributed by atoms with van der Waals surface area (Å²) in [4.78, 5) is 42.0. The van der Waals surface area contributed by atoms with Gasteiger partial charge >= 0.3 is 0 Å². The van der Waals surface area contributed by atoms with Crippen LogP contribution in [-0.2, 0) is 11.3 Å². The number of anilines is 2. The zero-order chi connectivity index (χ0) is 31.3. The Labute approximate surface area is 253 Å². The van der Waals surface area contributed by atoms with Crippen LogP contribution in [0.1, 0.15) is 48.5 Å². The van der Waals surface area contributed by atoms with Crippen molar-refractivity contribution in [1.29, 1.82) is 0 Å². The van der Waals surface area contributed by atoms with Gasteiger partial charge in [-0.3, -0.25) is 19.3 Å². The first-order valence-electron chi connectivity index (χ1n) is 13.2. The Morgan fingerprint density at radius 1 is 0.953 bits per heavy atom. The van der Waals surface area contributed by atoms with Crippen LogP contribution in [0.4, 0.5) is 11.4 Å². The third-order valence-corrected chi connectivity index (χ3v) is 7.67. The van der Waals surface area contributed by atoms with E-state index >= 15 is 0 Å². The molecule has 12 heteroatoms. The number of aryl methyl sites for hydroxylation is 2. The molecule has 3 amide bonds. The van der Waals surface area contributed by atoms with Crippen molar-refractivity contribution in [3.05, 3.63) is 93.5 Å². The van der Waals surface area contributed by atoms with Crippen LogP contribution in [-0.4, -0.2) is 43.4 Å². The van der Waals surface area contributed by atoms with E-state index in [4.69, 9.17) is 25.7 Å². The number of primary amides is 1. The molecule has 0 aliphatic rings. The van der Waals surface area contributed by atoms with E-state index in [2.05, 4.69) is 9.69 Å². The lowest BCUT2D eigenvalue weighted by Gasteiger charge is -2.33. The summed E-state index contributed by atoms with van der Waals surface area (Å²) in [6.07, 6.45) is 0. The lowest BCUT2D eigenvalue weighted by Crippen LogP contribution is -2.44. The Hall–Kier alpha value is -5.10. The molecule has 11 nitrogen and oxygen atoms in total. The second-order valence-corrected chi connectivity index (χ2v) is 10.4. The second kappa shape index (κ2) is 13.3. The molecule has 43 heavy (non-hydrogen) atoms. The van der Waals surface area contributed by atoms with Crippen LogP contribution < -0.4 is 35.9 Å². The van der Waals surface area contributed by atoms with Gasteiger partial charge in [-0.05, 0) is 65.8 Å². The van der Waals surface area contributed by atoms with Crippen LogP contribution in [0.5, 0.6) is 17.2 Å². The molecule has 4 rings (SSSR count). The van der Waals surface area contributed by atoms with Gasteiger partial charge in [-0.2, -0.15) is 4.37 Å². The molecule has 1 heterocycles. The number of hydrogen-bond donors (Lipinski definition) is 3. The Balaban J connectivity index is 1.97. The maximum atomic E-state index is 14.5. The number of carbonyl (C=O) groups is 3. The summed E-state index contributed by atoms with van der Waals surface area (Å²) in [6.45, 7) is 3.90. The van der Waals surface area contributed by atoms with Crippen LogP contribution in [0.15, 0.2) is 60.7 Å². The van der Waals surface area contributed by atoms with E-state index < -0.39 is 23.8 Å². The lowest BCUT2D eigenvalue weighted by molar-refractivity contribution is -0.122. The summed E-state index contributed by atoms with van der Waals surface area (Å²) in [5.74, 6) is -1.11. The standard InChI is InChI=1S/C31H33N5O6S/c1-17-11-12-18(2)21(13-17)36(31(39)28-24(32)25(29(33)37)35-43-28)26(30(38)34-16-19-9-7-6-8-10-19)20-14-22(40-3)27(42-5)23(15-20)41-4/h6-15,26H,16,32H2,1-5H3,(H2,33,37)(H,34,38). The number of nitrogens with two attached hydrogens (primary N) is 2. The van der Waals surface area contributed by atoms with E-state index in [9.17, 15) is 14.4 Å². The van der Waals surface area contributed by atoms with E-state index in [1.807, 2.05) is 56.3 Å². The van der Waals surface area contributed by atoms with Crippen LogP contribution in [0.25, 0.3) is 0 Å². The van der Waals surface area contributed by atoms with E-state index in [0.717, 1.165) is 22.7 Å². The number of ether oxygens (including phenoxy) is 3. The normalized spacial score (nSPS) is 11.4. The summed E-state index contributed by atoms with van der Waals surface area (Å²) in [5, 5.41) is 2.97. The molecule has 0 radical (unpaired) electrons. The first-order chi connectivity index (χ1) is 20.6. The highest BCUT2D eigenvalue weighted by Gasteiger charge is 2.38. The second-order valence-electron chi connectivity index (χ2n) is 9.67. The van der Waals surface area contributed by atoms with Crippen molar-refractivity contribution in [2.75, 3.05) is 32.0 Å². The number of aromatic nitrogens is 1. The molecule has 0 fully saturated rings. The fourth-order valence-electron chi connectivity index (χ4n) is 4.64. The van der Waals surface area contributed by atoms with Crippen molar-refractivity contribution >= 4 is 40.6 Å². The van der Waals surface area contributed by atoms with Gasteiger partial charge in [0.2, 0.25) is 11.7 Å². The van der Waals surface area contributed by atoms with Crippen molar-refractivity contribution in [3.63, 3.8) is 0 Å². The molecular weight excluding hydrogens is 570 g/mol. The van der Waals surface area contributed by atoms with Gasteiger partial charge in [-0.25, -0.2) is 0 Å². The minimum absolute atomic E-state index is 0.0389. The van der Waals surface area contributed by atoms with Gasteiger partial charge in [0.05, 0.1) is 27.0 Å². The Morgan fingerprint density at radius 3 is 2.16 bits per heavy atom. The third kappa shape index (κ3) is 6.38. The third-order valence-electron chi connectivity index (χ3n) is 6.82. The maximum Gasteiger partial charge on any atom is 0.273 e. The average molecular weight is 604 g/mol. The van der Waals surface area contributed by atoms with Gasteiger partial charge in [0, 0.05) is 12.2 Å². The fraction of sp³-hybridized carbons (Fsp3) is 0.226. The molecule has 0 saturated carbocycles. The molecule has 0 aliphatic carbocycles. The Bertz CT molecular complexity index is 1630. The van der Waals surface area contributed by atoms with Crippen molar-refractivity contribution in [2.45, 2.75) is 26.4 Å². The number of nitrogen functional groups attached to an aromatic ring is 1. The summed E-state index contributed by atoms with van der Waals surface area (Å²) in [5.41, 5.74) is 14.5. The zero-order valence-corrected chi connectivity index (χ0v) is 25.3. The molecule has 0 aliphatic heterocycles. The van der Waals surface area contributed by atoms with Gasteiger partial charge in [0.25, 0.3) is 11.8 Å². The predicted molar refractivity (Wildman–Crippen MR) is 165 cm³/mol. The molecule has 5 N–H and O–H groups in total. The van der Waals surface area contributed by atoms with Crippen molar-refractivity contribution in [3.8, 4) is 17.2 Å².